The standard InChI is InChI=1S/C11H17N3O4S2/c1-2-12-11-10(4-3-5-13-11)20(17,18)14-6-8-19(15,16)9-7-14/h3-5H,2,6-9H2,1H3,(H,12,13). The summed E-state index contributed by atoms with van der Waals surface area (Å²) in [6.45, 7) is 2.38. The monoisotopic (exact) mass is 319 g/mol. The van der Waals surface area contributed by atoms with Crippen LogP contribution in [0, 0.1) is 0 Å². The van der Waals surface area contributed by atoms with Crippen LogP contribution in [0.5, 0.6) is 0 Å². The second-order valence-corrected chi connectivity index (χ2v) is 8.65. The van der Waals surface area contributed by atoms with Gasteiger partial charge in [-0.25, -0.2) is 21.8 Å². The minimum Gasteiger partial charge on any atom is -0.369 e. The third-order valence-electron chi connectivity index (χ3n) is 3.04. The number of hydrogen-bond acceptors (Lipinski definition) is 6. The van der Waals surface area contributed by atoms with Gasteiger partial charge < -0.3 is 5.32 Å². The summed E-state index contributed by atoms with van der Waals surface area (Å²) in [4.78, 5) is 4.11. The van der Waals surface area contributed by atoms with Gasteiger partial charge in [0.1, 0.15) is 10.7 Å². The van der Waals surface area contributed by atoms with Gasteiger partial charge in [-0.3, -0.25) is 0 Å². The zero-order chi connectivity index (χ0) is 14.8. The maximum Gasteiger partial charge on any atom is 0.246 e. The van der Waals surface area contributed by atoms with Crippen molar-refractivity contribution in [3.8, 4) is 0 Å². The first kappa shape index (κ1) is 15.2. The number of rotatable bonds is 4. The van der Waals surface area contributed by atoms with Crippen LogP contribution in [0.25, 0.3) is 0 Å². The van der Waals surface area contributed by atoms with Crippen LogP contribution in [0.3, 0.4) is 0 Å². The number of hydrogen-bond donors (Lipinski definition) is 1. The Hall–Kier alpha value is -1.19. The van der Waals surface area contributed by atoms with E-state index in [0.717, 1.165) is 0 Å². The Morgan fingerprint density at radius 2 is 2.00 bits per heavy atom. The summed E-state index contributed by atoms with van der Waals surface area (Å²) in [7, 11) is -6.84. The van der Waals surface area contributed by atoms with Crippen LogP contribution in [-0.4, -0.2) is 57.3 Å². The molecule has 0 aliphatic carbocycles. The Labute approximate surface area is 119 Å². The lowest BCUT2D eigenvalue weighted by atomic mass is 10.4. The average molecular weight is 319 g/mol. The molecule has 7 nitrogen and oxygen atoms in total. The third-order valence-corrected chi connectivity index (χ3v) is 6.58. The topological polar surface area (TPSA) is 96.4 Å². The van der Waals surface area contributed by atoms with Gasteiger partial charge in [-0.15, -0.1) is 0 Å². The molecule has 1 saturated heterocycles. The van der Waals surface area contributed by atoms with Crippen LogP contribution in [0.4, 0.5) is 5.82 Å². The Kier molecular flexibility index (Phi) is 4.31. The van der Waals surface area contributed by atoms with Crippen LogP contribution in [0.1, 0.15) is 6.92 Å². The van der Waals surface area contributed by atoms with Gasteiger partial charge >= 0.3 is 0 Å². The maximum absolute atomic E-state index is 12.5. The lowest BCUT2D eigenvalue weighted by molar-refractivity contribution is 0.431. The fourth-order valence-electron chi connectivity index (χ4n) is 1.97. The van der Waals surface area contributed by atoms with E-state index in [1.807, 2.05) is 6.92 Å². The second kappa shape index (κ2) is 5.66. The number of nitrogens with one attached hydrogen (secondary N) is 1. The van der Waals surface area contributed by atoms with Gasteiger partial charge in [-0.2, -0.15) is 4.31 Å². The highest BCUT2D eigenvalue weighted by molar-refractivity contribution is 7.92. The zero-order valence-corrected chi connectivity index (χ0v) is 12.7. The molecule has 0 spiro atoms. The molecule has 0 saturated carbocycles. The quantitative estimate of drug-likeness (QED) is 0.834. The first-order valence-electron chi connectivity index (χ1n) is 6.26. The molecule has 20 heavy (non-hydrogen) atoms. The number of nitrogens with zero attached hydrogens (tertiary/aromatic N) is 2. The highest BCUT2D eigenvalue weighted by Gasteiger charge is 2.32. The van der Waals surface area contributed by atoms with Crippen molar-refractivity contribution in [3.05, 3.63) is 18.3 Å². The van der Waals surface area contributed by atoms with E-state index in [0.29, 0.717) is 12.4 Å². The highest BCUT2D eigenvalue weighted by Crippen LogP contribution is 2.23. The van der Waals surface area contributed by atoms with Crippen molar-refractivity contribution < 1.29 is 16.8 Å². The number of aromatic nitrogens is 1. The summed E-state index contributed by atoms with van der Waals surface area (Å²) in [5.74, 6) is 0.0231. The van der Waals surface area contributed by atoms with Crippen molar-refractivity contribution >= 4 is 25.7 Å². The molecule has 2 heterocycles. The summed E-state index contributed by atoms with van der Waals surface area (Å²) in [6.07, 6.45) is 1.51. The van der Waals surface area contributed by atoms with E-state index in [-0.39, 0.29) is 29.5 Å². The van der Waals surface area contributed by atoms with Crippen molar-refractivity contribution in [3.63, 3.8) is 0 Å². The minimum atomic E-state index is -3.72. The molecule has 0 amide bonds. The molecule has 9 heteroatoms. The predicted molar refractivity (Wildman–Crippen MR) is 75.8 cm³/mol. The van der Waals surface area contributed by atoms with Crippen molar-refractivity contribution in [1.29, 1.82) is 0 Å². The van der Waals surface area contributed by atoms with Crippen molar-refractivity contribution in [2.24, 2.45) is 0 Å². The summed E-state index contributed by atoms with van der Waals surface area (Å²) in [5, 5.41) is 2.90. The number of sulfone groups is 1. The fourth-order valence-corrected chi connectivity index (χ4v) is 4.97. The van der Waals surface area contributed by atoms with Crippen LogP contribution >= 0.6 is 0 Å². The van der Waals surface area contributed by atoms with Gasteiger partial charge in [-0.05, 0) is 19.1 Å². The molecule has 0 atom stereocenters. The minimum absolute atomic E-state index is 0.00880. The Balaban J connectivity index is 2.32. The summed E-state index contributed by atoms with van der Waals surface area (Å²) >= 11 is 0. The molecule has 0 radical (unpaired) electrons. The van der Waals surface area contributed by atoms with E-state index in [1.165, 1.54) is 16.6 Å². The molecule has 1 aliphatic rings. The van der Waals surface area contributed by atoms with Gasteiger partial charge in [-0.1, -0.05) is 0 Å². The molecular formula is C11H17N3O4S2. The summed E-state index contributed by atoms with van der Waals surface area (Å²) in [5.41, 5.74) is 0. The van der Waals surface area contributed by atoms with Crippen LogP contribution in [-0.2, 0) is 19.9 Å². The molecule has 112 valence electrons. The molecule has 1 aromatic heterocycles. The second-order valence-electron chi connectivity index (χ2n) is 4.44. The van der Waals surface area contributed by atoms with Crippen molar-refractivity contribution in [2.75, 3.05) is 36.5 Å². The first-order valence-corrected chi connectivity index (χ1v) is 9.52. The fraction of sp³-hybridized carbons (Fsp3) is 0.545. The number of anilines is 1. The van der Waals surface area contributed by atoms with Crippen LogP contribution in [0.2, 0.25) is 0 Å². The molecule has 0 aromatic carbocycles. The summed E-state index contributed by atoms with van der Waals surface area (Å²) in [6, 6.07) is 3.03. The van der Waals surface area contributed by atoms with E-state index in [9.17, 15) is 16.8 Å². The smallest absolute Gasteiger partial charge is 0.246 e. The SMILES string of the molecule is CCNc1ncccc1S(=O)(=O)N1CCS(=O)(=O)CC1. The number of sulfonamides is 1. The van der Waals surface area contributed by atoms with Gasteiger partial charge in [0.05, 0.1) is 11.5 Å². The summed E-state index contributed by atoms with van der Waals surface area (Å²) < 4.78 is 49.1. The Morgan fingerprint density at radius 3 is 2.60 bits per heavy atom. The normalized spacial score (nSPS) is 19.6. The van der Waals surface area contributed by atoms with Crippen molar-refractivity contribution in [2.45, 2.75) is 11.8 Å². The van der Waals surface area contributed by atoms with Gasteiger partial charge in [0.15, 0.2) is 9.84 Å². The Bertz CT molecular complexity index is 671. The molecular weight excluding hydrogens is 302 g/mol. The lowest BCUT2D eigenvalue weighted by Crippen LogP contribution is -2.43. The van der Waals surface area contributed by atoms with Gasteiger partial charge in [0.2, 0.25) is 10.0 Å². The first-order chi connectivity index (χ1) is 9.37. The molecule has 0 unspecified atom stereocenters. The van der Waals surface area contributed by atoms with Crippen LogP contribution < -0.4 is 5.32 Å². The largest absolute Gasteiger partial charge is 0.369 e. The van der Waals surface area contributed by atoms with Crippen LogP contribution in [0.15, 0.2) is 23.2 Å². The van der Waals surface area contributed by atoms with E-state index < -0.39 is 19.9 Å². The van der Waals surface area contributed by atoms with E-state index >= 15 is 0 Å². The molecule has 0 bridgehead atoms. The van der Waals surface area contributed by atoms with Gasteiger partial charge in [0, 0.05) is 25.8 Å². The van der Waals surface area contributed by atoms with Gasteiger partial charge in [0.25, 0.3) is 0 Å². The van der Waals surface area contributed by atoms with E-state index in [1.54, 1.807) is 6.07 Å². The Morgan fingerprint density at radius 1 is 1.35 bits per heavy atom. The maximum atomic E-state index is 12.5. The predicted octanol–water partition coefficient (Wildman–Crippen LogP) is -0.0675. The molecule has 1 aromatic rings. The third kappa shape index (κ3) is 3.10. The van der Waals surface area contributed by atoms with Crippen molar-refractivity contribution in [1.82, 2.24) is 9.29 Å². The molecule has 2 rings (SSSR count). The highest BCUT2D eigenvalue weighted by atomic mass is 32.2. The van der Waals surface area contributed by atoms with E-state index in [2.05, 4.69) is 10.3 Å². The molecule has 1 fully saturated rings. The molecule has 1 aliphatic heterocycles. The van der Waals surface area contributed by atoms with E-state index in [4.69, 9.17) is 0 Å². The molecule has 1 N–H and O–H groups in total. The zero-order valence-electron chi connectivity index (χ0n) is 11.1. The average Bonchev–Trinajstić information content (AvgIpc) is 2.39. The lowest BCUT2D eigenvalue weighted by Gasteiger charge is -2.26. The number of pyridine rings is 1.